The number of hydrogen-bond acceptors (Lipinski definition) is 8. The normalized spacial score (nSPS) is 35.9. The van der Waals surface area contributed by atoms with Crippen LogP contribution >= 0.6 is 22.9 Å². The molecule has 1 aromatic heterocycles. The van der Waals surface area contributed by atoms with Crippen LogP contribution in [0.5, 0.6) is 0 Å². The summed E-state index contributed by atoms with van der Waals surface area (Å²) in [6.07, 6.45) is 2.77. The van der Waals surface area contributed by atoms with Gasteiger partial charge in [-0.05, 0) is 45.1 Å². The fourth-order valence-electron chi connectivity index (χ4n) is 5.09. The minimum atomic E-state index is -1.30. The number of epoxide rings is 1. The van der Waals surface area contributed by atoms with Gasteiger partial charge in [0.05, 0.1) is 51.5 Å². The predicted octanol–water partition coefficient (Wildman–Crippen LogP) is 5.21. The Kier molecular flexibility index (Phi) is 9.78. The monoisotopic (exact) mass is 553 g/mol. The van der Waals surface area contributed by atoms with Crippen LogP contribution in [0.25, 0.3) is 6.08 Å². The molecular weight excluding hydrogens is 514 g/mol. The number of thiazole rings is 1. The van der Waals surface area contributed by atoms with Crippen LogP contribution in [0.2, 0.25) is 0 Å². The van der Waals surface area contributed by atoms with Crippen LogP contribution < -0.4 is 0 Å². The number of allylic oxidation sites excluding steroid dienone is 1. The van der Waals surface area contributed by atoms with Gasteiger partial charge in [0.15, 0.2) is 0 Å². The summed E-state index contributed by atoms with van der Waals surface area (Å²) in [6.45, 7) is 12.8. The van der Waals surface area contributed by atoms with Crippen molar-refractivity contribution in [2.75, 3.05) is 0 Å². The first-order valence-electron chi connectivity index (χ1n) is 13.0. The van der Waals surface area contributed by atoms with Crippen molar-refractivity contribution >= 4 is 40.8 Å². The fourth-order valence-corrected chi connectivity index (χ4v) is 5.90. The minimum Gasteiger partial charge on any atom is -0.456 e. The Morgan fingerprint density at radius 2 is 2.03 bits per heavy atom. The molecule has 0 radical (unpaired) electrons. The van der Waals surface area contributed by atoms with E-state index in [1.807, 2.05) is 26.2 Å². The zero-order valence-corrected chi connectivity index (χ0v) is 24.0. The topological polar surface area (TPSA) is 109 Å². The van der Waals surface area contributed by atoms with E-state index in [4.69, 9.17) is 21.1 Å². The molecule has 0 bridgehead atoms. The predicted molar refractivity (Wildman–Crippen MR) is 145 cm³/mol. The van der Waals surface area contributed by atoms with Gasteiger partial charge in [0.25, 0.3) is 0 Å². The van der Waals surface area contributed by atoms with Crippen LogP contribution in [0.3, 0.4) is 0 Å². The van der Waals surface area contributed by atoms with Crippen molar-refractivity contribution in [2.45, 2.75) is 103 Å². The number of aliphatic hydroxyl groups is 2. The van der Waals surface area contributed by atoms with Gasteiger partial charge >= 0.3 is 5.97 Å². The van der Waals surface area contributed by atoms with E-state index in [1.165, 1.54) is 11.3 Å². The third kappa shape index (κ3) is 7.30. The van der Waals surface area contributed by atoms with E-state index < -0.39 is 35.6 Å². The standard InChI is InChI=1S/C28H40ClNO6S/c1-7-9-19-25(33)16(2)10-8-11-28(6)23(36-28)13-21(20(29)12-18-15-37-17(3)30-18)35-24(32)14-22(31)27(4,5)26(19)34/h7,12,15-16,19,21-23,25,31,33H,1,8-11,13-14H2,2-6H3/t16-,19+,21-,22-,23-,25-,28+/m0/s1. The lowest BCUT2D eigenvalue weighted by Crippen LogP contribution is -2.46. The highest BCUT2D eigenvalue weighted by atomic mass is 35.5. The van der Waals surface area contributed by atoms with Crippen molar-refractivity contribution in [1.29, 1.82) is 0 Å². The first-order valence-corrected chi connectivity index (χ1v) is 14.2. The Hall–Kier alpha value is -1.58. The second-order valence-electron chi connectivity index (χ2n) is 11.3. The molecule has 9 heteroatoms. The van der Waals surface area contributed by atoms with Crippen LogP contribution in [-0.2, 0) is 19.1 Å². The van der Waals surface area contributed by atoms with Crippen molar-refractivity contribution in [1.82, 2.24) is 4.98 Å². The third-order valence-corrected chi connectivity index (χ3v) is 9.02. The number of carbonyl (C=O) groups is 2. The number of aryl methyl sites for hydroxylation is 1. The van der Waals surface area contributed by atoms with Gasteiger partial charge in [-0.1, -0.05) is 44.9 Å². The lowest BCUT2D eigenvalue weighted by atomic mass is 9.71. The lowest BCUT2D eigenvalue weighted by molar-refractivity contribution is -0.154. The molecule has 7 atom stereocenters. The van der Waals surface area contributed by atoms with Crippen molar-refractivity contribution in [3.8, 4) is 0 Å². The summed E-state index contributed by atoms with van der Waals surface area (Å²) in [7, 11) is 0. The highest BCUT2D eigenvalue weighted by Gasteiger charge is 2.53. The number of aliphatic hydroxyl groups excluding tert-OH is 2. The molecule has 2 N–H and O–H groups in total. The number of aromatic nitrogens is 1. The van der Waals surface area contributed by atoms with Crippen LogP contribution in [0.4, 0.5) is 0 Å². The Labute approximate surface area is 228 Å². The van der Waals surface area contributed by atoms with E-state index in [-0.39, 0.29) is 36.2 Å². The van der Waals surface area contributed by atoms with Gasteiger partial charge in [-0.3, -0.25) is 9.59 Å². The van der Waals surface area contributed by atoms with Crippen LogP contribution in [0.1, 0.15) is 76.9 Å². The maximum Gasteiger partial charge on any atom is 0.309 e. The summed E-state index contributed by atoms with van der Waals surface area (Å²) in [5.41, 5.74) is -0.975. The number of rotatable bonds is 4. The fraction of sp³-hybridized carbons (Fsp3) is 0.679. The van der Waals surface area contributed by atoms with Gasteiger partial charge in [0.1, 0.15) is 11.9 Å². The molecule has 3 heterocycles. The first kappa shape index (κ1) is 30.0. The SMILES string of the molecule is C=CC[C@H]1C(=O)C(C)(C)[C@@H](O)CC(=O)O[C@H](C(Cl)=Cc2csc(C)n2)C[C@@H]2O[C@]2(C)CCC[C@H](C)[C@@H]1O. The number of ether oxygens (including phenoxy) is 2. The van der Waals surface area contributed by atoms with Crippen molar-refractivity contribution in [3.63, 3.8) is 0 Å². The molecule has 206 valence electrons. The summed E-state index contributed by atoms with van der Waals surface area (Å²) < 4.78 is 11.8. The number of nitrogens with zero attached hydrogens (tertiary/aromatic N) is 1. The van der Waals surface area contributed by atoms with E-state index in [9.17, 15) is 19.8 Å². The van der Waals surface area contributed by atoms with E-state index in [0.717, 1.165) is 24.3 Å². The molecule has 2 aliphatic rings. The molecule has 7 nitrogen and oxygen atoms in total. The summed E-state index contributed by atoms with van der Waals surface area (Å²) in [5, 5.41) is 25.2. The molecular formula is C28H40ClNO6S. The number of hydrogen-bond donors (Lipinski definition) is 2. The number of halogens is 1. The van der Waals surface area contributed by atoms with Gasteiger partial charge in [0.2, 0.25) is 0 Å². The molecule has 0 saturated carbocycles. The molecule has 3 rings (SSSR count). The number of fused-ring (bicyclic) bond motifs is 1. The molecule has 0 unspecified atom stereocenters. The molecule has 2 aliphatic heterocycles. The van der Waals surface area contributed by atoms with E-state index >= 15 is 0 Å². The number of ketones is 1. The molecule has 2 fully saturated rings. The highest BCUT2D eigenvalue weighted by Crippen LogP contribution is 2.45. The van der Waals surface area contributed by atoms with E-state index in [0.29, 0.717) is 17.1 Å². The van der Waals surface area contributed by atoms with Gasteiger partial charge in [-0.15, -0.1) is 17.9 Å². The molecule has 1 aromatic rings. The molecule has 0 aliphatic carbocycles. The maximum absolute atomic E-state index is 13.5. The summed E-state index contributed by atoms with van der Waals surface area (Å²) in [4.78, 5) is 30.9. The Bertz CT molecular complexity index is 1020. The summed E-state index contributed by atoms with van der Waals surface area (Å²) in [5.74, 6) is -1.83. The Morgan fingerprint density at radius 3 is 2.65 bits per heavy atom. The van der Waals surface area contributed by atoms with Crippen molar-refractivity contribution < 1.29 is 29.3 Å². The minimum absolute atomic E-state index is 0.132. The summed E-state index contributed by atoms with van der Waals surface area (Å²) in [6, 6.07) is 0. The summed E-state index contributed by atoms with van der Waals surface area (Å²) >= 11 is 8.14. The molecule has 2 saturated heterocycles. The van der Waals surface area contributed by atoms with Gasteiger partial charge < -0.3 is 19.7 Å². The number of Topliss-reactive ketones (excluding diaryl/α,β-unsaturated/α-hetero) is 1. The first-order chi connectivity index (χ1) is 17.3. The van der Waals surface area contributed by atoms with Crippen LogP contribution in [-0.4, -0.2) is 57.0 Å². The molecule has 37 heavy (non-hydrogen) atoms. The average molecular weight is 554 g/mol. The van der Waals surface area contributed by atoms with Crippen molar-refractivity contribution in [2.24, 2.45) is 17.3 Å². The largest absolute Gasteiger partial charge is 0.456 e. The Morgan fingerprint density at radius 1 is 1.32 bits per heavy atom. The Balaban J connectivity index is 1.88. The molecule has 0 spiro atoms. The molecule has 0 aromatic carbocycles. The quantitative estimate of drug-likeness (QED) is 0.299. The zero-order valence-electron chi connectivity index (χ0n) is 22.4. The van der Waals surface area contributed by atoms with Crippen molar-refractivity contribution in [3.05, 3.63) is 33.8 Å². The van der Waals surface area contributed by atoms with Gasteiger partial charge in [0, 0.05) is 17.7 Å². The van der Waals surface area contributed by atoms with Gasteiger partial charge in [-0.2, -0.15) is 0 Å². The number of cyclic esters (lactones) is 1. The second-order valence-corrected chi connectivity index (χ2v) is 12.7. The van der Waals surface area contributed by atoms with E-state index in [2.05, 4.69) is 11.6 Å². The zero-order chi connectivity index (χ0) is 27.5. The number of esters is 1. The smallest absolute Gasteiger partial charge is 0.309 e. The third-order valence-electron chi connectivity index (χ3n) is 7.88. The van der Waals surface area contributed by atoms with E-state index in [1.54, 1.807) is 26.0 Å². The van der Waals surface area contributed by atoms with Crippen LogP contribution in [0, 0.1) is 24.2 Å². The maximum atomic E-state index is 13.5. The average Bonchev–Trinajstić information content (AvgIpc) is 3.27. The van der Waals surface area contributed by atoms with Gasteiger partial charge in [-0.25, -0.2) is 4.98 Å². The number of carbonyl (C=O) groups excluding carboxylic acids is 2. The second kappa shape index (κ2) is 12.1. The van der Waals surface area contributed by atoms with Crippen LogP contribution in [0.15, 0.2) is 23.1 Å². The lowest BCUT2D eigenvalue weighted by Gasteiger charge is -2.35. The highest BCUT2D eigenvalue weighted by molar-refractivity contribution is 7.09. The molecule has 0 amide bonds.